The summed E-state index contributed by atoms with van der Waals surface area (Å²) in [5, 5.41) is 3.35. The third kappa shape index (κ3) is 3.25. The molecule has 0 unspecified atom stereocenters. The molecule has 1 aliphatic rings. The van der Waals surface area contributed by atoms with Crippen molar-refractivity contribution in [1.29, 1.82) is 0 Å². The number of carbonyl (C=O) groups is 1. The Morgan fingerprint density at radius 3 is 2.70 bits per heavy atom. The topological polar surface area (TPSA) is 85.2 Å². The van der Waals surface area contributed by atoms with Crippen molar-refractivity contribution in [3.63, 3.8) is 0 Å². The van der Waals surface area contributed by atoms with Crippen molar-refractivity contribution in [2.75, 3.05) is 25.5 Å². The molecular weight excluding hydrogens is 296 g/mol. The molecule has 0 aromatic carbocycles. The average molecular weight is 316 g/mol. The summed E-state index contributed by atoms with van der Waals surface area (Å²) in [5.74, 6) is 1.16. The van der Waals surface area contributed by atoms with Gasteiger partial charge in [0.05, 0.1) is 19.6 Å². The number of aromatic nitrogens is 4. The van der Waals surface area contributed by atoms with Crippen molar-refractivity contribution in [2.24, 2.45) is 7.05 Å². The Balaban J connectivity index is 1.58. The molecule has 2 aromatic rings. The molecule has 0 aliphatic carbocycles. The number of ether oxygens (including phenoxy) is 1. The number of nitrogens with zero attached hydrogens (tertiary/aromatic N) is 5. The second kappa shape index (κ2) is 6.64. The second-order valence-electron chi connectivity index (χ2n) is 5.51. The summed E-state index contributed by atoms with van der Waals surface area (Å²) in [7, 11) is 3.40. The van der Waals surface area contributed by atoms with Gasteiger partial charge in [0.15, 0.2) is 5.82 Å². The van der Waals surface area contributed by atoms with Crippen LogP contribution in [0.4, 0.5) is 5.82 Å². The third-order valence-electron chi connectivity index (χ3n) is 4.02. The molecule has 0 radical (unpaired) electrons. The van der Waals surface area contributed by atoms with E-state index < -0.39 is 0 Å². The van der Waals surface area contributed by atoms with Crippen molar-refractivity contribution < 1.29 is 9.53 Å². The first-order valence-corrected chi connectivity index (χ1v) is 7.56. The van der Waals surface area contributed by atoms with Crippen LogP contribution in [0.25, 0.3) is 0 Å². The Kier molecular flexibility index (Phi) is 4.40. The number of amides is 1. The largest absolute Gasteiger partial charge is 0.478 e. The van der Waals surface area contributed by atoms with E-state index in [1.165, 1.54) is 0 Å². The van der Waals surface area contributed by atoms with Gasteiger partial charge >= 0.3 is 0 Å². The third-order valence-corrected chi connectivity index (χ3v) is 4.02. The molecule has 8 nitrogen and oxygen atoms in total. The van der Waals surface area contributed by atoms with Gasteiger partial charge in [0.1, 0.15) is 5.69 Å². The van der Waals surface area contributed by atoms with Crippen LogP contribution in [0.2, 0.25) is 0 Å². The molecule has 0 atom stereocenters. The van der Waals surface area contributed by atoms with Crippen molar-refractivity contribution in [3.05, 3.63) is 30.6 Å². The molecule has 23 heavy (non-hydrogen) atoms. The molecule has 1 saturated heterocycles. The van der Waals surface area contributed by atoms with Gasteiger partial charge in [-0.25, -0.2) is 15.0 Å². The zero-order valence-corrected chi connectivity index (χ0v) is 13.3. The first-order valence-electron chi connectivity index (χ1n) is 7.56. The quantitative estimate of drug-likeness (QED) is 0.903. The highest BCUT2D eigenvalue weighted by molar-refractivity contribution is 5.92. The molecule has 8 heteroatoms. The Morgan fingerprint density at radius 2 is 2.04 bits per heavy atom. The van der Waals surface area contributed by atoms with E-state index in [2.05, 4.69) is 20.3 Å². The van der Waals surface area contributed by atoms with Crippen LogP contribution in [-0.4, -0.2) is 56.6 Å². The van der Waals surface area contributed by atoms with Crippen LogP contribution >= 0.6 is 0 Å². The SMILES string of the molecule is COc1nccnc1NC1CCN(C(=O)c2cncn2C)CC1. The fourth-order valence-electron chi connectivity index (χ4n) is 2.72. The molecule has 3 rings (SSSR count). The molecule has 2 aromatic heterocycles. The number of likely N-dealkylation sites (tertiary alicyclic amines) is 1. The highest BCUT2D eigenvalue weighted by atomic mass is 16.5. The highest BCUT2D eigenvalue weighted by Gasteiger charge is 2.25. The van der Waals surface area contributed by atoms with Gasteiger partial charge in [-0.15, -0.1) is 0 Å². The standard InChI is InChI=1S/C15H20N6O2/c1-20-10-16-9-12(20)15(22)21-7-3-11(4-8-21)19-13-14(23-2)18-6-5-17-13/h5-6,9-11H,3-4,7-8H2,1-2H3,(H,17,19). The van der Waals surface area contributed by atoms with Crippen molar-refractivity contribution in [2.45, 2.75) is 18.9 Å². The molecule has 1 amide bonds. The normalized spacial score (nSPS) is 15.5. The first kappa shape index (κ1) is 15.3. The van der Waals surface area contributed by atoms with Gasteiger partial charge in [-0.3, -0.25) is 4.79 Å². The Bertz CT molecular complexity index is 678. The Morgan fingerprint density at radius 1 is 1.30 bits per heavy atom. The molecule has 3 heterocycles. The van der Waals surface area contributed by atoms with Crippen LogP contribution in [0.1, 0.15) is 23.3 Å². The maximum absolute atomic E-state index is 12.4. The molecular formula is C15H20N6O2. The van der Waals surface area contributed by atoms with E-state index in [1.54, 1.807) is 36.6 Å². The van der Waals surface area contributed by atoms with Gasteiger partial charge in [0.2, 0.25) is 0 Å². The summed E-state index contributed by atoms with van der Waals surface area (Å²) in [6.45, 7) is 1.40. The number of hydrogen-bond acceptors (Lipinski definition) is 6. The lowest BCUT2D eigenvalue weighted by Crippen LogP contribution is -2.43. The number of anilines is 1. The minimum absolute atomic E-state index is 0.0283. The van der Waals surface area contributed by atoms with E-state index in [1.807, 2.05) is 11.9 Å². The molecule has 0 bridgehead atoms. The van der Waals surface area contributed by atoms with Gasteiger partial charge in [-0.2, -0.15) is 0 Å². The fraction of sp³-hybridized carbons (Fsp3) is 0.467. The summed E-state index contributed by atoms with van der Waals surface area (Å²) in [5.41, 5.74) is 0.618. The van der Waals surface area contributed by atoms with Gasteiger partial charge < -0.3 is 19.5 Å². The molecule has 122 valence electrons. The van der Waals surface area contributed by atoms with E-state index in [9.17, 15) is 4.79 Å². The molecule has 1 fully saturated rings. The summed E-state index contributed by atoms with van der Waals surface area (Å²) in [4.78, 5) is 26.7. The zero-order chi connectivity index (χ0) is 16.2. The number of imidazole rings is 1. The second-order valence-corrected chi connectivity index (χ2v) is 5.51. The Hall–Kier alpha value is -2.64. The predicted octanol–water partition coefficient (Wildman–Crippen LogP) is 0.935. The lowest BCUT2D eigenvalue weighted by atomic mass is 10.0. The number of methoxy groups -OCH3 is 1. The summed E-state index contributed by atoms with van der Waals surface area (Å²) < 4.78 is 6.95. The number of nitrogens with one attached hydrogen (secondary N) is 1. The lowest BCUT2D eigenvalue weighted by molar-refractivity contribution is 0.0708. The maximum atomic E-state index is 12.4. The number of aryl methyl sites for hydroxylation is 1. The van der Waals surface area contributed by atoms with Crippen LogP contribution in [0, 0.1) is 0 Å². The van der Waals surface area contributed by atoms with E-state index in [-0.39, 0.29) is 11.9 Å². The van der Waals surface area contributed by atoms with E-state index in [0.717, 1.165) is 12.8 Å². The van der Waals surface area contributed by atoms with Gasteiger partial charge in [-0.05, 0) is 12.8 Å². The summed E-state index contributed by atoms with van der Waals surface area (Å²) in [6.07, 6.45) is 8.18. The molecule has 1 aliphatic heterocycles. The highest BCUT2D eigenvalue weighted by Crippen LogP contribution is 2.22. The monoisotopic (exact) mass is 316 g/mol. The molecule has 0 spiro atoms. The number of rotatable bonds is 4. The van der Waals surface area contributed by atoms with Crippen LogP contribution in [-0.2, 0) is 7.05 Å². The number of piperidine rings is 1. The first-order chi connectivity index (χ1) is 11.2. The number of carbonyl (C=O) groups excluding carboxylic acids is 1. The van der Waals surface area contributed by atoms with Crippen molar-refractivity contribution >= 4 is 11.7 Å². The molecule has 1 N–H and O–H groups in total. The molecule has 0 saturated carbocycles. The van der Waals surface area contributed by atoms with Crippen molar-refractivity contribution in [1.82, 2.24) is 24.4 Å². The van der Waals surface area contributed by atoms with Gasteiger partial charge in [0, 0.05) is 38.6 Å². The van der Waals surface area contributed by atoms with E-state index in [0.29, 0.717) is 30.5 Å². The zero-order valence-electron chi connectivity index (χ0n) is 13.3. The lowest BCUT2D eigenvalue weighted by Gasteiger charge is -2.32. The summed E-state index contributed by atoms with van der Waals surface area (Å²) >= 11 is 0. The van der Waals surface area contributed by atoms with Crippen LogP contribution in [0.15, 0.2) is 24.9 Å². The van der Waals surface area contributed by atoms with Crippen LogP contribution in [0.3, 0.4) is 0 Å². The minimum atomic E-state index is 0.0283. The van der Waals surface area contributed by atoms with Crippen LogP contribution < -0.4 is 10.1 Å². The summed E-state index contributed by atoms with van der Waals surface area (Å²) in [6, 6.07) is 0.246. The number of hydrogen-bond donors (Lipinski definition) is 1. The fourth-order valence-corrected chi connectivity index (χ4v) is 2.72. The predicted molar refractivity (Wildman–Crippen MR) is 84.3 cm³/mol. The van der Waals surface area contributed by atoms with Gasteiger partial charge in [0.25, 0.3) is 11.8 Å². The Labute approximate surface area is 134 Å². The maximum Gasteiger partial charge on any atom is 0.272 e. The van der Waals surface area contributed by atoms with E-state index >= 15 is 0 Å². The minimum Gasteiger partial charge on any atom is -0.478 e. The smallest absolute Gasteiger partial charge is 0.272 e. The van der Waals surface area contributed by atoms with Crippen LogP contribution in [0.5, 0.6) is 5.88 Å². The van der Waals surface area contributed by atoms with Crippen molar-refractivity contribution in [3.8, 4) is 5.88 Å². The van der Waals surface area contributed by atoms with E-state index in [4.69, 9.17) is 4.74 Å². The average Bonchev–Trinajstić information content (AvgIpc) is 3.01. The van der Waals surface area contributed by atoms with Gasteiger partial charge in [-0.1, -0.05) is 0 Å².